The van der Waals surface area contributed by atoms with Crippen molar-refractivity contribution in [2.24, 2.45) is 5.10 Å². The topological polar surface area (TPSA) is 70.6 Å². The molecule has 0 unspecified atom stereocenters. The Hall–Kier alpha value is -2.66. The molecule has 0 radical (unpaired) electrons. The minimum atomic E-state index is -0.311. The number of nitrogens with zero attached hydrogens (tertiary/aromatic N) is 1. The van der Waals surface area contributed by atoms with Gasteiger partial charge in [0.15, 0.2) is 0 Å². The van der Waals surface area contributed by atoms with Gasteiger partial charge in [-0.3, -0.25) is 9.59 Å². The minimum absolute atomic E-state index is 0.0636. The number of hydrogen-bond donors (Lipinski definition) is 2. The first-order chi connectivity index (χ1) is 12.3. The Bertz CT molecular complexity index is 829. The van der Waals surface area contributed by atoms with Crippen LogP contribution in [-0.4, -0.2) is 17.5 Å². The maximum Gasteiger partial charge on any atom is 0.240 e. The highest BCUT2D eigenvalue weighted by molar-refractivity contribution is 6.30. The highest BCUT2D eigenvalue weighted by atomic mass is 35.5. The lowest BCUT2D eigenvalue weighted by atomic mass is 10.1. The molecule has 136 valence electrons. The van der Waals surface area contributed by atoms with Gasteiger partial charge in [-0.25, -0.2) is 5.43 Å². The predicted molar refractivity (Wildman–Crippen MR) is 106 cm³/mol. The average molecular weight is 372 g/mol. The summed E-state index contributed by atoms with van der Waals surface area (Å²) >= 11 is 5.84. The number of rotatable bonds is 6. The van der Waals surface area contributed by atoms with Crippen LogP contribution in [0.2, 0.25) is 5.02 Å². The molecule has 2 rings (SSSR count). The number of hydrogen-bond acceptors (Lipinski definition) is 3. The van der Waals surface area contributed by atoms with Crippen molar-refractivity contribution in [3.63, 3.8) is 0 Å². The van der Waals surface area contributed by atoms with Gasteiger partial charge in [0.2, 0.25) is 11.8 Å². The number of hydrazone groups is 1. The number of nitrogens with one attached hydrogen (secondary N) is 2. The van der Waals surface area contributed by atoms with E-state index in [9.17, 15) is 9.59 Å². The molecule has 0 fully saturated rings. The maximum absolute atomic E-state index is 12.0. The lowest BCUT2D eigenvalue weighted by Crippen LogP contribution is -2.22. The van der Waals surface area contributed by atoms with Crippen molar-refractivity contribution in [2.45, 2.75) is 33.6 Å². The summed E-state index contributed by atoms with van der Waals surface area (Å²) in [7, 11) is 0. The van der Waals surface area contributed by atoms with E-state index in [0.717, 1.165) is 22.4 Å². The molecular weight excluding hydrogens is 350 g/mol. The summed E-state index contributed by atoms with van der Waals surface area (Å²) in [6.45, 7) is 5.68. The van der Waals surface area contributed by atoms with Crippen LogP contribution >= 0.6 is 11.6 Å². The summed E-state index contributed by atoms with van der Waals surface area (Å²) in [6, 6.07) is 13.0. The van der Waals surface area contributed by atoms with Gasteiger partial charge in [0.1, 0.15) is 0 Å². The van der Waals surface area contributed by atoms with Crippen LogP contribution in [-0.2, 0) is 9.59 Å². The quantitative estimate of drug-likeness (QED) is 0.589. The van der Waals surface area contributed by atoms with Crippen LogP contribution in [0, 0.1) is 13.8 Å². The SMILES string of the molecule is CC(=NNC(=O)CCC(=O)Nc1cc(C)ccc1C)c1ccc(Cl)cc1. The molecule has 0 heterocycles. The highest BCUT2D eigenvalue weighted by Crippen LogP contribution is 2.16. The smallest absolute Gasteiger partial charge is 0.240 e. The van der Waals surface area contributed by atoms with Gasteiger partial charge in [-0.1, -0.05) is 35.9 Å². The van der Waals surface area contributed by atoms with Gasteiger partial charge in [-0.05, 0) is 55.7 Å². The van der Waals surface area contributed by atoms with Crippen molar-refractivity contribution in [3.8, 4) is 0 Å². The second-order valence-electron chi connectivity index (χ2n) is 6.11. The third-order valence-corrected chi connectivity index (χ3v) is 4.11. The fourth-order valence-corrected chi connectivity index (χ4v) is 2.39. The largest absolute Gasteiger partial charge is 0.326 e. The Kier molecular flexibility index (Phi) is 6.92. The molecule has 2 aromatic carbocycles. The molecule has 0 aliphatic carbocycles. The molecular formula is C20H22ClN3O2. The Balaban J connectivity index is 1.82. The van der Waals surface area contributed by atoms with E-state index in [0.29, 0.717) is 10.7 Å². The molecule has 2 aromatic rings. The number of carbonyl (C=O) groups is 2. The summed E-state index contributed by atoms with van der Waals surface area (Å²) in [5.74, 6) is -0.512. The Morgan fingerprint density at radius 1 is 1.00 bits per heavy atom. The number of benzene rings is 2. The standard InChI is InChI=1S/C20H22ClN3O2/c1-13-4-5-14(2)18(12-13)22-19(25)10-11-20(26)24-23-15(3)16-6-8-17(21)9-7-16/h4-9,12H,10-11H2,1-3H3,(H,22,25)(H,24,26). The van der Waals surface area contributed by atoms with Crippen LogP contribution in [0.4, 0.5) is 5.69 Å². The van der Waals surface area contributed by atoms with Crippen LogP contribution < -0.4 is 10.7 Å². The summed E-state index contributed by atoms with van der Waals surface area (Å²) < 4.78 is 0. The average Bonchev–Trinajstić information content (AvgIpc) is 2.61. The van der Waals surface area contributed by atoms with Crippen molar-refractivity contribution in [3.05, 3.63) is 64.2 Å². The number of amides is 2. The van der Waals surface area contributed by atoms with E-state index in [4.69, 9.17) is 11.6 Å². The monoisotopic (exact) mass is 371 g/mol. The van der Waals surface area contributed by atoms with Crippen LogP contribution in [0.25, 0.3) is 0 Å². The van der Waals surface area contributed by atoms with Crippen molar-refractivity contribution in [1.29, 1.82) is 0 Å². The van der Waals surface area contributed by atoms with Gasteiger partial charge in [0.05, 0.1) is 5.71 Å². The molecule has 6 heteroatoms. The maximum atomic E-state index is 12.0. The van der Waals surface area contributed by atoms with Crippen LogP contribution in [0.1, 0.15) is 36.5 Å². The van der Waals surface area contributed by atoms with Crippen molar-refractivity contribution in [2.75, 3.05) is 5.32 Å². The summed E-state index contributed by atoms with van der Waals surface area (Å²) in [6.07, 6.45) is 0.156. The third kappa shape index (κ3) is 6.01. The van der Waals surface area contributed by atoms with Crippen molar-refractivity contribution < 1.29 is 9.59 Å². The molecule has 26 heavy (non-hydrogen) atoms. The molecule has 0 aliphatic heterocycles. The first-order valence-electron chi connectivity index (χ1n) is 8.31. The second-order valence-corrected chi connectivity index (χ2v) is 6.54. The van der Waals surface area contributed by atoms with Crippen molar-refractivity contribution in [1.82, 2.24) is 5.43 Å². The summed E-state index contributed by atoms with van der Waals surface area (Å²) in [5.41, 5.74) is 6.82. The van der Waals surface area contributed by atoms with E-state index in [2.05, 4.69) is 15.8 Å². The van der Waals surface area contributed by atoms with Gasteiger partial charge in [-0.2, -0.15) is 5.10 Å². The molecule has 2 N–H and O–H groups in total. The Morgan fingerprint density at radius 3 is 2.35 bits per heavy atom. The number of aryl methyl sites for hydroxylation is 2. The number of halogens is 1. The van der Waals surface area contributed by atoms with E-state index in [1.54, 1.807) is 19.1 Å². The summed E-state index contributed by atoms with van der Waals surface area (Å²) in [4.78, 5) is 23.9. The van der Waals surface area contributed by atoms with Crippen LogP contribution in [0.3, 0.4) is 0 Å². The zero-order valence-electron chi connectivity index (χ0n) is 15.1. The number of carbonyl (C=O) groups excluding carboxylic acids is 2. The molecule has 0 spiro atoms. The zero-order chi connectivity index (χ0) is 19.1. The third-order valence-electron chi connectivity index (χ3n) is 3.86. The minimum Gasteiger partial charge on any atom is -0.326 e. The fourth-order valence-electron chi connectivity index (χ4n) is 2.27. The van der Waals surface area contributed by atoms with Crippen LogP contribution in [0.5, 0.6) is 0 Å². The second kappa shape index (κ2) is 9.15. The first-order valence-corrected chi connectivity index (χ1v) is 8.69. The Labute approximate surface area is 158 Å². The van der Waals surface area contributed by atoms with E-state index >= 15 is 0 Å². The zero-order valence-corrected chi connectivity index (χ0v) is 15.9. The van der Waals surface area contributed by atoms with Gasteiger partial charge >= 0.3 is 0 Å². The molecule has 0 bridgehead atoms. The van der Waals surface area contributed by atoms with Gasteiger partial charge in [0, 0.05) is 23.6 Å². The molecule has 2 amide bonds. The highest BCUT2D eigenvalue weighted by Gasteiger charge is 2.09. The van der Waals surface area contributed by atoms with Crippen molar-refractivity contribution >= 4 is 34.8 Å². The molecule has 0 aliphatic rings. The van der Waals surface area contributed by atoms with Crippen LogP contribution in [0.15, 0.2) is 47.6 Å². The normalized spacial score (nSPS) is 11.2. The molecule has 0 aromatic heterocycles. The van der Waals surface area contributed by atoms with E-state index < -0.39 is 0 Å². The predicted octanol–water partition coefficient (Wildman–Crippen LogP) is 4.22. The summed E-state index contributed by atoms with van der Waals surface area (Å²) in [5, 5.41) is 7.53. The lowest BCUT2D eigenvalue weighted by Gasteiger charge is -2.09. The molecule has 0 saturated carbocycles. The fraction of sp³-hybridized carbons (Fsp3) is 0.250. The van der Waals surface area contributed by atoms with Gasteiger partial charge < -0.3 is 5.32 Å². The number of anilines is 1. The van der Waals surface area contributed by atoms with E-state index in [-0.39, 0.29) is 24.7 Å². The molecule has 5 nitrogen and oxygen atoms in total. The molecule has 0 atom stereocenters. The first kappa shape index (κ1) is 19.7. The van der Waals surface area contributed by atoms with Gasteiger partial charge in [0.25, 0.3) is 0 Å². The Morgan fingerprint density at radius 2 is 1.65 bits per heavy atom. The lowest BCUT2D eigenvalue weighted by molar-refractivity contribution is -0.124. The molecule has 0 saturated heterocycles. The van der Waals surface area contributed by atoms with E-state index in [1.807, 2.05) is 44.2 Å². The van der Waals surface area contributed by atoms with Gasteiger partial charge in [-0.15, -0.1) is 0 Å². The van der Waals surface area contributed by atoms with E-state index in [1.165, 1.54) is 0 Å².